The molecule has 2 fully saturated rings. The number of hydrogen-bond donors (Lipinski definition) is 1. The molecule has 0 unspecified atom stereocenters. The van der Waals surface area contributed by atoms with E-state index in [9.17, 15) is 9.59 Å². The maximum absolute atomic E-state index is 11.7. The topological polar surface area (TPSA) is 58.6 Å². The van der Waals surface area contributed by atoms with Gasteiger partial charge in [-0.2, -0.15) is 0 Å². The first-order valence-electron chi connectivity index (χ1n) is 6.38. The summed E-state index contributed by atoms with van der Waals surface area (Å²) in [5.41, 5.74) is 0. The third-order valence-electron chi connectivity index (χ3n) is 3.37. The van der Waals surface area contributed by atoms with Crippen LogP contribution in [0.4, 0.5) is 0 Å². The Kier molecular flexibility index (Phi) is 4.36. The molecule has 0 saturated carbocycles. The third-order valence-corrected chi connectivity index (χ3v) is 3.37. The van der Waals surface area contributed by atoms with Crippen molar-refractivity contribution in [2.45, 2.75) is 25.7 Å². The first-order valence-corrected chi connectivity index (χ1v) is 6.38. The SMILES string of the molecule is O=C(CN1CCCCC1=O)NC[C@@H]1CCOC1. The number of rotatable bonds is 4. The van der Waals surface area contributed by atoms with Crippen molar-refractivity contribution in [3.05, 3.63) is 0 Å². The van der Waals surface area contributed by atoms with Crippen molar-refractivity contribution in [3.8, 4) is 0 Å². The summed E-state index contributed by atoms with van der Waals surface area (Å²) in [4.78, 5) is 24.8. The van der Waals surface area contributed by atoms with Gasteiger partial charge < -0.3 is 15.0 Å². The molecule has 17 heavy (non-hydrogen) atoms. The highest BCUT2D eigenvalue weighted by atomic mass is 16.5. The summed E-state index contributed by atoms with van der Waals surface area (Å²) in [5.74, 6) is 0.499. The number of carbonyl (C=O) groups is 2. The van der Waals surface area contributed by atoms with Gasteiger partial charge in [0.25, 0.3) is 0 Å². The molecule has 1 atom stereocenters. The van der Waals surface area contributed by atoms with Crippen LogP contribution in [0.5, 0.6) is 0 Å². The maximum Gasteiger partial charge on any atom is 0.239 e. The largest absolute Gasteiger partial charge is 0.381 e. The van der Waals surface area contributed by atoms with Crippen molar-refractivity contribution in [3.63, 3.8) is 0 Å². The highest BCUT2D eigenvalue weighted by molar-refractivity contribution is 5.85. The number of amides is 2. The van der Waals surface area contributed by atoms with Crippen molar-refractivity contribution in [1.29, 1.82) is 0 Å². The molecule has 96 valence electrons. The normalized spacial score (nSPS) is 25.1. The van der Waals surface area contributed by atoms with Crippen LogP contribution in [0.15, 0.2) is 0 Å². The highest BCUT2D eigenvalue weighted by Gasteiger charge is 2.21. The second-order valence-corrected chi connectivity index (χ2v) is 4.81. The predicted octanol–water partition coefficient (Wildman–Crippen LogP) is 0.152. The number of nitrogens with one attached hydrogen (secondary N) is 1. The first kappa shape index (κ1) is 12.4. The van der Waals surface area contributed by atoms with E-state index in [4.69, 9.17) is 4.74 Å². The van der Waals surface area contributed by atoms with Crippen LogP contribution in [0.3, 0.4) is 0 Å². The quantitative estimate of drug-likeness (QED) is 0.761. The van der Waals surface area contributed by atoms with E-state index in [1.165, 1.54) is 0 Å². The van der Waals surface area contributed by atoms with Gasteiger partial charge in [-0.3, -0.25) is 9.59 Å². The van der Waals surface area contributed by atoms with Gasteiger partial charge in [-0.25, -0.2) is 0 Å². The highest BCUT2D eigenvalue weighted by Crippen LogP contribution is 2.11. The summed E-state index contributed by atoms with van der Waals surface area (Å²) < 4.78 is 5.24. The maximum atomic E-state index is 11.7. The van der Waals surface area contributed by atoms with Crippen LogP contribution in [0.25, 0.3) is 0 Å². The van der Waals surface area contributed by atoms with Crippen LogP contribution in [-0.2, 0) is 14.3 Å². The lowest BCUT2D eigenvalue weighted by molar-refractivity contribution is -0.137. The number of hydrogen-bond acceptors (Lipinski definition) is 3. The Bertz CT molecular complexity index is 287. The van der Waals surface area contributed by atoms with Crippen LogP contribution < -0.4 is 5.32 Å². The lowest BCUT2D eigenvalue weighted by atomic mass is 10.1. The Labute approximate surface area is 101 Å². The van der Waals surface area contributed by atoms with Crippen molar-refractivity contribution < 1.29 is 14.3 Å². The van der Waals surface area contributed by atoms with Crippen molar-refractivity contribution in [2.24, 2.45) is 5.92 Å². The molecule has 0 radical (unpaired) electrons. The van der Waals surface area contributed by atoms with Crippen LogP contribution in [-0.4, -0.2) is 49.6 Å². The van der Waals surface area contributed by atoms with Crippen LogP contribution in [0, 0.1) is 5.92 Å². The van der Waals surface area contributed by atoms with E-state index in [-0.39, 0.29) is 18.4 Å². The Morgan fingerprint density at radius 1 is 1.47 bits per heavy atom. The van der Waals surface area contributed by atoms with Gasteiger partial charge in [0.2, 0.25) is 11.8 Å². The van der Waals surface area contributed by atoms with Gasteiger partial charge in [0.1, 0.15) is 0 Å². The fraction of sp³-hybridized carbons (Fsp3) is 0.833. The predicted molar refractivity (Wildman–Crippen MR) is 62.4 cm³/mol. The Hall–Kier alpha value is -1.10. The minimum absolute atomic E-state index is 0.0489. The van der Waals surface area contributed by atoms with Gasteiger partial charge in [-0.05, 0) is 19.3 Å². The van der Waals surface area contributed by atoms with E-state index in [1.807, 2.05) is 0 Å². The van der Waals surface area contributed by atoms with E-state index in [1.54, 1.807) is 4.90 Å². The summed E-state index contributed by atoms with van der Waals surface area (Å²) in [6.07, 6.45) is 3.57. The van der Waals surface area contributed by atoms with Crippen LogP contribution in [0.1, 0.15) is 25.7 Å². The smallest absolute Gasteiger partial charge is 0.239 e. The van der Waals surface area contributed by atoms with Gasteiger partial charge in [-0.1, -0.05) is 0 Å². The van der Waals surface area contributed by atoms with E-state index in [2.05, 4.69) is 5.32 Å². The Morgan fingerprint density at radius 2 is 2.35 bits per heavy atom. The first-order chi connectivity index (χ1) is 8.25. The number of ether oxygens (including phenoxy) is 1. The van der Waals surface area contributed by atoms with Gasteiger partial charge in [0.15, 0.2) is 0 Å². The molecule has 2 rings (SSSR count). The van der Waals surface area contributed by atoms with Gasteiger partial charge >= 0.3 is 0 Å². The molecule has 0 bridgehead atoms. The summed E-state index contributed by atoms with van der Waals surface area (Å²) in [7, 11) is 0. The molecule has 5 nitrogen and oxygen atoms in total. The molecule has 0 aromatic heterocycles. The van der Waals surface area contributed by atoms with Gasteiger partial charge in [-0.15, -0.1) is 0 Å². The molecule has 2 saturated heterocycles. The molecule has 2 aliphatic heterocycles. The molecule has 5 heteroatoms. The Balaban J connectivity index is 1.67. The van der Waals surface area contributed by atoms with E-state index >= 15 is 0 Å². The average Bonchev–Trinajstić information content (AvgIpc) is 2.82. The molecule has 1 N–H and O–H groups in total. The molecule has 0 spiro atoms. The van der Waals surface area contributed by atoms with Gasteiger partial charge in [0, 0.05) is 32.0 Å². The van der Waals surface area contributed by atoms with E-state index in [0.29, 0.717) is 18.9 Å². The van der Waals surface area contributed by atoms with Crippen molar-refractivity contribution in [1.82, 2.24) is 10.2 Å². The third kappa shape index (κ3) is 3.70. The fourth-order valence-electron chi connectivity index (χ4n) is 2.26. The fourth-order valence-corrected chi connectivity index (χ4v) is 2.26. The summed E-state index contributed by atoms with van der Waals surface area (Å²) in [6.45, 7) is 3.14. The molecule has 2 aliphatic rings. The molecule has 0 aromatic rings. The molecule has 0 aliphatic carbocycles. The van der Waals surface area contributed by atoms with Crippen molar-refractivity contribution >= 4 is 11.8 Å². The standard InChI is InChI=1S/C12H20N2O3/c15-11(13-7-10-4-6-17-9-10)8-14-5-2-1-3-12(14)16/h10H,1-9H2,(H,13,15)/t10-/m0/s1. The van der Waals surface area contributed by atoms with Crippen molar-refractivity contribution in [2.75, 3.05) is 32.8 Å². The molecule has 2 heterocycles. The second-order valence-electron chi connectivity index (χ2n) is 4.81. The number of nitrogens with zero attached hydrogens (tertiary/aromatic N) is 1. The summed E-state index contributed by atoms with van der Waals surface area (Å²) >= 11 is 0. The molecule has 0 aromatic carbocycles. The van der Waals surface area contributed by atoms with Gasteiger partial charge in [0.05, 0.1) is 13.2 Å². The molecular formula is C12H20N2O3. The molecular weight excluding hydrogens is 220 g/mol. The zero-order valence-electron chi connectivity index (χ0n) is 10.1. The zero-order chi connectivity index (χ0) is 12.1. The lowest BCUT2D eigenvalue weighted by Crippen LogP contribution is -2.43. The van der Waals surface area contributed by atoms with Crippen LogP contribution in [0.2, 0.25) is 0 Å². The summed E-state index contributed by atoms with van der Waals surface area (Å²) in [6, 6.07) is 0. The minimum Gasteiger partial charge on any atom is -0.381 e. The monoisotopic (exact) mass is 240 g/mol. The zero-order valence-corrected chi connectivity index (χ0v) is 10.1. The van der Waals surface area contributed by atoms with E-state index < -0.39 is 0 Å². The Morgan fingerprint density at radius 3 is 3.06 bits per heavy atom. The number of piperidine rings is 1. The lowest BCUT2D eigenvalue weighted by Gasteiger charge is -2.26. The summed E-state index contributed by atoms with van der Waals surface area (Å²) in [5, 5.41) is 2.88. The minimum atomic E-state index is -0.0489. The second kappa shape index (κ2) is 6.00. The molecule has 2 amide bonds. The average molecular weight is 240 g/mol. The van der Waals surface area contributed by atoms with Crippen LogP contribution >= 0.6 is 0 Å². The number of likely N-dealkylation sites (tertiary alicyclic amines) is 1. The number of carbonyl (C=O) groups excluding carboxylic acids is 2. The van der Waals surface area contributed by atoms with E-state index in [0.717, 1.165) is 39.0 Å².